The minimum Gasteiger partial charge on any atom is -0.461 e. The number of thioether (sulfide) groups is 1. The Bertz CT molecular complexity index is 749. The summed E-state index contributed by atoms with van der Waals surface area (Å²) in [7, 11) is 1.84. The number of aromatic nitrogens is 1. The average molecular weight is 335 g/mol. The van der Waals surface area contributed by atoms with Gasteiger partial charge in [0.25, 0.3) is 0 Å². The van der Waals surface area contributed by atoms with Crippen LogP contribution in [0.1, 0.15) is 38.2 Å². The summed E-state index contributed by atoms with van der Waals surface area (Å²) in [5.41, 5.74) is 1.42. The van der Waals surface area contributed by atoms with E-state index in [4.69, 9.17) is 9.47 Å². The quantitative estimate of drug-likeness (QED) is 0.473. The number of benzene rings is 1. The van der Waals surface area contributed by atoms with Gasteiger partial charge in [0.15, 0.2) is 0 Å². The molecule has 2 aromatic rings. The molecule has 124 valence electrons. The number of hydrogen-bond donors (Lipinski definition) is 0. The molecule has 0 unspecified atom stereocenters. The highest BCUT2D eigenvalue weighted by atomic mass is 32.2. The van der Waals surface area contributed by atoms with Gasteiger partial charge in [0, 0.05) is 35.0 Å². The first-order chi connectivity index (χ1) is 10.8. The Kier molecular flexibility index (Phi) is 5.36. The fourth-order valence-electron chi connectivity index (χ4n) is 2.40. The van der Waals surface area contributed by atoms with Crippen LogP contribution in [0.15, 0.2) is 23.1 Å². The second-order valence-corrected chi connectivity index (χ2v) is 6.98. The van der Waals surface area contributed by atoms with Crippen molar-refractivity contribution >= 4 is 34.6 Å². The molecule has 1 aromatic heterocycles. The third-order valence-corrected chi connectivity index (χ3v) is 4.33. The molecular formula is C17H21NO4S. The van der Waals surface area contributed by atoms with E-state index in [-0.39, 0.29) is 11.9 Å². The zero-order valence-corrected chi connectivity index (χ0v) is 14.8. The van der Waals surface area contributed by atoms with Gasteiger partial charge in [-0.1, -0.05) is 13.8 Å². The SMILES string of the molecule is CCOC(=O)c1c(SC(C)C)c2cc(OC(C)=O)ccc2n1C. The van der Waals surface area contributed by atoms with E-state index in [1.165, 1.54) is 6.92 Å². The maximum Gasteiger partial charge on any atom is 0.356 e. The van der Waals surface area contributed by atoms with Gasteiger partial charge >= 0.3 is 11.9 Å². The van der Waals surface area contributed by atoms with Crippen molar-refractivity contribution in [2.24, 2.45) is 7.05 Å². The first-order valence-corrected chi connectivity index (χ1v) is 8.37. The monoisotopic (exact) mass is 335 g/mol. The van der Waals surface area contributed by atoms with E-state index in [9.17, 15) is 9.59 Å². The Morgan fingerprint density at radius 1 is 1.30 bits per heavy atom. The molecule has 1 aromatic carbocycles. The predicted octanol–water partition coefficient (Wildman–Crippen LogP) is 3.78. The molecule has 0 N–H and O–H groups in total. The normalized spacial score (nSPS) is 11.0. The van der Waals surface area contributed by atoms with Crippen molar-refractivity contribution in [1.29, 1.82) is 0 Å². The van der Waals surface area contributed by atoms with Crippen LogP contribution >= 0.6 is 11.8 Å². The smallest absolute Gasteiger partial charge is 0.356 e. The maximum atomic E-state index is 12.4. The van der Waals surface area contributed by atoms with Crippen molar-refractivity contribution < 1.29 is 19.1 Å². The van der Waals surface area contributed by atoms with Gasteiger partial charge in [-0.25, -0.2) is 4.79 Å². The molecule has 0 atom stereocenters. The number of esters is 2. The summed E-state index contributed by atoms with van der Waals surface area (Å²) in [6, 6.07) is 5.37. The molecule has 6 heteroatoms. The second-order valence-electron chi connectivity index (χ2n) is 5.40. The van der Waals surface area contributed by atoms with E-state index in [0.717, 1.165) is 15.8 Å². The summed E-state index contributed by atoms with van der Waals surface area (Å²) in [5.74, 6) is -0.246. The molecule has 23 heavy (non-hydrogen) atoms. The Morgan fingerprint density at radius 2 is 2.00 bits per heavy atom. The molecule has 0 saturated heterocycles. The summed E-state index contributed by atoms with van der Waals surface area (Å²) in [4.78, 5) is 24.4. The Hall–Kier alpha value is -1.95. The van der Waals surface area contributed by atoms with Crippen molar-refractivity contribution in [3.05, 3.63) is 23.9 Å². The number of aryl methyl sites for hydroxylation is 1. The highest BCUT2D eigenvalue weighted by Crippen LogP contribution is 2.38. The van der Waals surface area contributed by atoms with Crippen molar-refractivity contribution in [2.45, 2.75) is 37.8 Å². The van der Waals surface area contributed by atoms with Crippen LogP contribution in [0.5, 0.6) is 5.75 Å². The number of ether oxygens (including phenoxy) is 2. The van der Waals surface area contributed by atoms with E-state index in [1.54, 1.807) is 30.8 Å². The third kappa shape index (κ3) is 3.69. The van der Waals surface area contributed by atoms with Crippen LogP contribution in [-0.2, 0) is 16.6 Å². The Labute approximate surface area is 139 Å². The number of hydrogen-bond acceptors (Lipinski definition) is 5. The summed E-state index contributed by atoms with van der Waals surface area (Å²) in [6.07, 6.45) is 0. The molecule has 0 aliphatic heterocycles. The fraction of sp³-hybridized carbons (Fsp3) is 0.412. The highest BCUT2D eigenvalue weighted by molar-refractivity contribution is 8.00. The molecular weight excluding hydrogens is 314 g/mol. The van der Waals surface area contributed by atoms with Gasteiger partial charge in [-0.05, 0) is 25.1 Å². The number of carbonyl (C=O) groups is 2. The van der Waals surface area contributed by atoms with Crippen molar-refractivity contribution in [3.8, 4) is 5.75 Å². The third-order valence-electron chi connectivity index (χ3n) is 3.21. The second kappa shape index (κ2) is 7.08. The molecule has 0 bridgehead atoms. The maximum absolute atomic E-state index is 12.4. The van der Waals surface area contributed by atoms with E-state index < -0.39 is 0 Å². The van der Waals surface area contributed by atoms with E-state index in [2.05, 4.69) is 13.8 Å². The zero-order valence-electron chi connectivity index (χ0n) is 14.0. The molecule has 2 rings (SSSR count). The lowest BCUT2D eigenvalue weighted by atomic mass is 10.2. The van der Waals surface area contributed by atoms with Gasteiger partial charge in [-0.15, -0.1) is 11.8 Å². The van der Waals surface area contributed by atoms with E-state index >= 15 is 0 Å². The lowest BCUT2D eigenvalue weighted by Gasteiger charge is -2.08. The van der Waals surface area contributed by atoms with Crippen LogP contribution in [-0.4, -0.2) is 28.4 Å². The number of nitrogens with zero attached hydrogens (tertiary/aromatic N) is 1. The van der Waals surface area contributed by atoms with Gasteiger partial charge in [0.1, 0.15) is 11.4 Å². The molecule has 1 heterocycles. The summed E-state index contributed by atoms with van der Waals surface area (Å²) in [6.45, 7) is 7.60. The molecule has 0 amide bonds. The predicted molar refractivity (Wildman–Crippen MR) is 91.2 cm³/mol. The van der Waals surface area contributed by atoms with Gasteiger partial charge in [-0.2, -0.15) is 0 Å². The zero-order chi connectivity index (χ0) is 17.1. The van der Waals surface area contributed by atoms with Crippen LogP contribution in [0.3, 0.4) is 0 Å². The summed E-state index contributed by atoms with van der Waals surface area (Å²) >= 11 is 1.59. The number of rotatable bonds is 5. The first-order valence-electron chi connectivity index (χ1n) is 7.49. The van der Waals surface area contributed by atoms with Crippen molar-refractivity contribution in [2.75, 3.05) is 6.61 Å². The fourth-order valence-corrected chi connectivity index (χ4v) is 3.50. The topological polar surface area (TPSA) is 57.5 Å². The highest BCUT2D eigenvalue weighted by Gasteiger charge is 2.23. The lowest BCUT2D eigenvalue weighted by Crippen LogP contribution is -2.11. The first kappa shape index (κ1) is 17.4. The molecule has 0 aliphatic carbocycles. The van der Waals surface area contributed by atoms with Gasteiger partial charge in [0.2, 0.25) is 0 Å². The summed E-state index contributed by atoms with van der Waals surface area (Å²) in [5, 5.41) is 1.18. The van der Waals surface area contributed by atoms with Gasteiger partial charge < -0.3 is 14.0 Å². The summed E-state index contributed by atoms with van der Waals surface area (Å²) < 4.78 is 12.2. The molecule has 0 saturated carbocycles. The van der Waals surface area contributed by atoms with Crippen molar-refractivity contribution in [3.63, 3.8) is 0 Å². The van der Waals surface area contributed by atoms with Gasteiger partial charge in [0.05, 0.1) is 6.61 Å². The van der Waals surface area contributed by atoms with Gasteiger partial charge in [-0.3, -0.25) is 4.79 Å². The van der Waals surface area contributed by atoms with Crippen LogP contribution < -0.4 is 4.74 Å². The standard InChI is InChI=1S/C17H21NO4S/c1-6-21-17(20)15-16(23-10(2)3)13-9-12(22-11(4)19)7-8-14(13)18(15)5/h7-10H,6H2,1-5H3. The largest absolute Gasteiger partial charge is 0.461 e. The minimum atomic E-state index is -0.371. The van der Waals surface area contributed by atoms with E-state index in [0.29, 0.717) is 23.3 Å². The van der Waals surface area contributed by atoms with Crippen LogP contribution in [0.4, 0.5) is 0 Å². The van der Waals surface area contributed by atoms with Crippen LogP contribution in [0.25, 0.3) is 10.9 Å². The molecule has 5 nitrogen and oxygen atoms in total. The molecule has 0 spiro atoms. The van der Waals surface area contributed by atoms with Crippen LogP contribution in [0, 0.1) is 0 Å². The van der Waals surface area contributed by atoms with Crippen LogP contribution in [0.2, 0.25) is 0 Å². The lowest BCUT2D eigenvalue weighted by molar-refractivity contribution is -0.131. The van der Waals surface area contributed by atoms with Crippen molar-refractivity contribution in [1.82, 2.24) is 4.57 Å². The van der Waals surface area contributed by atoms with E-state index in [1.807, 2.05) is 17.7 Å². The molecule has 0 aliphatic rings. The Morgan fingerprint density at radius 3 is 2.57 bits per heavy atom. The molecule has 0 fully saturated rings. The number of fused-ring (bicyclic) bond motifs is 1. The Balaban J connectivity index is 2.66. The number of carbonyl (C=O) groups excluding carboxylic acids is 2. The molecule has 0 radical (unpaired) electrons. The average Bonchev–Trinajstić information content (AvgIpc) is 2.70. The minimum absolute atomic E-state index is 0.297.